The number of carbonyl (C=O) groups is 1. The Morgan fingerprint density at radius 2 is 2.14 bits per heavy atom. The standard InChI is InChI=1S/C19H14ClF2N5O/c20-13-2-1-3-14(22)18(13)27-17-12-8-11(19(28)23-7-6-21)4-5-15(12)24-10-25-16(17)9-26-27/h1-5,8-10H,6-7H2,(H,23,28)(H,24,25). The van der Waals surface area contributed by atoms with Crippen LogP contribution < -0.4 is 10.6 Å². The molecule has 6 nitrogen and oxygen atoms in total. The summed E-state index contributed by atoms with van der Waals surface area (Å²) in [5.74, 6) is -0.958. The summed E-state index contributed by atoms with van der Waals surface area (Å²) < 4.78 is 28.2. The Balaban J connectivity index is 1.90. The highest BCUT2D eigenvalue weighted by Crippen LogP contribution is 2.40. The molecule has 3 aromatic rings. The van der Waals surface area contributed by atoms with Gasteiger partial charge in [0, 0.05) is 17.7 Å². The molecule has 4 rings (SSSR count). The van der Waals surface area contributed by atoms with Crippen molar-refractivity contribution in [1.82, 2.24) is 15.1 Å². The zero-order chi connectivity index (χ0) is 19.7. The topological polar surface area (TPSA) is 71.3 Å². The van der Waals surface area contributed by atoms with Crippen LogP contribution in [0.15, 0.2) is 47.6 Å². The van der Waals surface area contributed by atoms with Crippen LogP contribution in [0.3, 0.4) is 0 Å². The van der Waals surface area contributed by atoms with Gasteiger partial charge < -0.3 is 10.6 Å². The third-order valence-electron chi connectivity index (χ3n) is 4.24. The van der Waals surface area contributed by atoms with Gasteiger partial charge in [0.15, 0.2) is 0 Å². The van der Waals surface area contributed by atoms with Gasteiger partial charge in [-0.3, -0.25) is 4.79 Å². The average molecular weight is 402 g/mol. The fourth-order valence-corrected chi connectivity index (χ4v) is 3.23. The van der Waals surface area contributed by atoms with Gasteiger partial charge in [0.25, 0.3) is 5.91 Å². The molecule has 0 spiro atoms. The summed E-state index contributed by atoms with van der Waals surface area (Å²) in [6.07, 6.45) is 3.01. The Hall–Kier alpha value is -3.26. The number of hydrogen-bond donors (Lipinski definition) is 2. The maximum Gasteiger partial charge on any atom is 0.251 e. The second-order valence-electron chi connectivity index (χ2n) is 5.97. The lowest BCUT2D eigenvalue weighted by Gasteiger charge is -2.13. The molecule has 0 saturated heterocycles. The Morgan fingerprint density at radius 1 is 1.29 bits per heavy atom. The number of aliphatic imine (C=N–C) groups is 1. The van der Waals surface area contributed by atoms with Crippen molar-refractivity contribution in [3.8, 4) is 16.9 Å². The smallest absolute Gasteiger partial charge is 0.251 e. The third-order valence-corrected chi connectivity index (χ3v) is 4.54. The number of halogens is 3. The van der Waals surface area contributed by atoms with Crippen LogP contribution in [0, 0.1) is 5.82 Å². The van der Waals surface area contributed by atoms with E-state index in [9.17, 15) is 13.6 Å². The number of aromatic nitrogens is 2. The molecule has 0 bridgehead atoms. The van der Waals surface area contributed by atoms with E-state index in [1.807, 2.05) is 0 Å². The number of carbonyl (C=O) groups excluding carboxylic acids is 1. The third kappa shape index (κ3) is 3.11. The van der Waals surface area contributed by atoms with E-state index in [1.165, 1.54) is 29.3 Å². The minimum Gasteiger partial charge on any atom is -0.349 e. The first-order valence-electron chi connectivity index (χ1n) is 8.40. The maximum absolute atomic E-state index is 14.5. The highest BCUT2D eigenvalue weighted by molar-refractivity contribution is 6.32. The molecule has 0 atom stereocenters. The number of fused-ring (bicyclic) bond motifs is 3. The normalized spacial score (nSPS) is 12.0. The van der Waals surface area contributed by atoms with Crippen molar-refractivity contribution in [2.75, 3.05) is 18.5 Å². The number of anilines is 1. The summed E-state index contributed by atoms with van der Waals surface area (Å²) >= 11 is 6.22. The van der Waals surface area contributed by atoms with Gasteiger partial charge in [-0.25, -0.2) is 18.5 Å². The van der Waals surface area contributed by atoms with Gasteiger partial charge in [0.2, 0.25) is 0 Å². The molecular weight excluding hydrogens is 388 g/mol. The molecule has 0 saturated carbocycles. The molecule has 0 aliphatic carbocycles. The van der Waals surface area contributed by atoms with Gasteiger partial charge in [0.1, 0.15) is 18.2 Å². The minimum atomic E-state index is -0.659. The SMILES string of the molecule is O=C(NCCF)c1ccc2c(c1)-c1c(cnn1-c1c(F)cccc1Cl)NC=N2. The van der Waals surface area contributed by atoms with Crippen molar-refractivity contribution in [3.63, 3.8) is 0 Å². The maximum atomic E-state index is 14.5. The molecule has 2 N–H and O–H groups in total. The lowest BCUT2D eigenvalue weighted by atomic mass is 10.0. The Kier molecular flexibility index (Phi) is 4.79. The lowest BCUT2D eigenvalue weighted by Crippen LogP contribution is -2.25. The van der Waals surface area contributed by atoms with Crippen LogP contribution in [0.4, 0.5) is 20.2 Å². The molecule has 142 valence electrons. The van der Waals surface area contributed by atoms with Crippen LogP contribution in [-0.4, -0.2) is 35.2 Å². The fraction of sp³-hybridized carbons (Fsp3) is 0.105. The number of rotatable bonds is 4. The van der Waals surface area contributed by atoms with E-state index < -0.39 is 18.4 Å². The average Bonchev–Trinajstić information content (AvgIpc) is 3.00. The van der Waals surface area contributed by atoms with Crippen molar-refractivity contribution >= 4 is 35.2 Å². The van der Waals surface area contributed by atoms with E-state index in [-0.39, 0.29) is 17.3 Å². The molecule has 1 aliphatic heterocycles. The molecule has 0 unspecified atom stereocenters. The molecule has 1 aliphatic rings. The predicted molar refractivity (Wildman–Crippen MR) is 104 cm³/mol. The van der Waals surface area contributed by atoms with Gasteiger partial charge in [-0.2, -0.15) is 5.10 Å². The fourth-order valence-electron chi connectivity index (χ4n) is 2.99. The van der Waals surface area contributed by atoms with E-state index in [2.05, 4.69) is 20.7 Å². The van der Waals surface area contributed by atoms with E-state index >= 15 is 0 Å². The predicted octanol–water partition coefficient (Wildman–Crippen LogP) is 4.12. The summed E-state index contributed by atoms with van der Waals surface area (Å²) in [6.45, 7) is -0.739. The van der Waals surface area contributed by atoms with Crippen LogP contribution >= 0.6 is 11.6 Å². The molecular formula is C19H14ClF2N5O. The van der Waals surface area contributed by atoms with Gasteiger partial charge >= 0.3 is 0 Å². The summed E-state index contributed by atoms with van der Waals surface area (Å²) in [7, 11) is 0. The van der Waals surface area contributed by atoms with Gasteiger partial charge in [-0.05, 0) is 30.3 Å². The molecule has 2 aromatic carbocycles. The number of nitrogens with zero attached hydrogens (tertiary/aromatic N) is 3. The molecule has 1 amide bonds. The molecule has 0 radical (unpaired) electrons. The zero-order valence-corrected chi connectivity index (χ0v) is 15.2. The number of amides is 1. The van der Waals surface area contributed by atoms with Crippen molar-refractivity contribution in [3.05, 3.63) is 59.0 Å². The van der Waals surface area contributed by atoms with Crippen molar-refractivity contribution in [2.45, 2.75) is 0 Å². The minimum absolute atomic E-state index is 0.0797. The first kappa shape index (κ1) is 18.1. The zero-order valence-electron chi connectivity index (χ0n) is 14.4. The van der Waals surface area contributed by atoms with Crippen LogP contribution in [0.1, 0.15) is 10.4 Å². The second kappa shape index (κ2) is 7.40. The lowest BCUT2D eigenvalue weighted by molar-refractivity contribution is 0.0951. The summed E-state index contributed by atoms with van der Waals surface area (Å²) in [5, 5.41) is 9.94. The van der Waals surface area contributed by atoms with E-state index in [0.717, 1.165) is 0 Å². The number of hydrogen-bond acceptors (Lipinski definition) is 4. The molecule has 9 heteroatoms. The Morgan fingerprint density at radius 3 is 2.93 bits per heavy atom. The molecule has 2 heterocycles. The number of nitrogens with one attached hydrogen (secondary N) is 2. The highest BCUT2D eigenvalue weighted by Gasteiger charge is 2.23. The Bertz CT molecular complexity index is 1080. The summed E-state index contributed by atoms with van der Waals surface area (Å²) in [5.41, 5.74) is 2.60. The number of benzene rings is 2. The van der Waals surface area contributed by atoms with Gasteiger partial charge in [-0.1, -0.05) is 17.7 Å². The van der Waals surface area contributed by atoms with E-state index in [0.29, 0.717) is 28.2 Å². The Labute approximate surface area is 163 Å². The van der Waals surface area contributed by atoms with E-state index in [1.54, 1.807) is 24.3 Å². The van der Waals surface area contributed by atoms with Crippen LogP contribution in [0.25, 0.3) is 16.9 Å². The monoisotopic (exact) mass is 401 g/mol. The first-order valence-corrected chi connectivity index (χ1v) is 8.78. The summed E-state index contributed by atoms with van der Waals surface area (Å²) in [6, 6.07) is 9.22. The summed E-state index contributed by atoms with van der Waals surface area (Å²) in [4.78, 5) is 16.6. The van der Waals surface area contributed by atoms with Gasteiger partial charge in [0.05, 0.1) is 34.6 Å². The van der Waals surface area contributed by atoms with Crippen molar-refractivity contribution < 1.29 is 13.6 Å². The highest BCUT2D eigenvalue weighted by atomic mass is 35.5. The first-order chi connectivity index (χ1) is 13.6. The van der Waals surface area contributed by atoms with Crippen LogP contribution in [0.5, 0.6) is 0 Å². The van der Waals surface area contributed by atoms with Crippen molar-refractivity contribution in [1.29, 1.82) is 0 Å². The number of para-hydroxylation sites is 1. The van der Waals surface area contributed by atoms with Crippen LogP contribution in [-0.2, 0) is 0 Å². The van der Waals surface area contributed by atoms with Crippen LogP contribution in [0.2, 0.25) is 5.02 Å². The van der Waals surface area contributed by atoms with Gasteiger partial charge in [-0.15, -0.1) is 0 Å². The largest absolute Gasteiger partial charge is 0.349 e. The molecule has 0 fully saturated rings. The second-order valence-corrected chi connectivity index (χ2v) is 6.38. The number of alkyl halides is 1. The quantitative estimate of drug-likeness (QED) is 0.691. The molecule has 1 aromatic heterocycles. The van der Waals surface area contributed by atoms with E-state index in [4.69, 9.17) is 11.6 Å². The van der Waals surface area contributed by atoms with Crippen molar-refractivity contribution in [2.24, 2.45) is 4.99 Å². The molecule has 28 heavy (non-hydrogen) atoms.